The smallest absolute Gasteiger partial charge is 0.407 e. The predicted molar refractivity (Wildman–Crippen MR) is 214 cm³/mol. The largest absolute Gasteiger partial charge is 0.494 e. The fraction of sp³-hybridized carbons (Fsp3) is 0.341. The highest BCUT2D eigenvalue weighted by Gasteiger charge is 2.30. The molecule has 1 aliphatic heterocycles. The number of ketones is 1. The van der Waals surface area contributed by atoms with Crippen molar-refractivity contribution in [3.63, 3.8) is 0 Å². The minimum atomic E-state index is -0.827. The number of carbonyl (C=O) groups is 3. The number of thiophene rings is 1. The molecule has 11 nitrogen and oxygen atoms in total. The van der Waals surface area contributed by atoms with E-state index >= 15 is 8.78 Å². The standard InChI is InChI=1S/C44H44F2N2O9S/c1-24-19-35-36(38(46)39(24)54-15-9-16-55-40-34(52-3)20-26-21-47-22-31(26)37(40)45)41(53-4)42(58-35)33(49)18-25(2)43(50)56-17-14-48-44(51)57-23-32-29-12-7-5-10-27(29)28-11-6-8-13-30(28)32/h5-8,10-13,19-20,25,32,47H,9,14-18,21-23H2,1-4H3,(H,48,51)/t25-/m0/s1. The normalized spacial score (nSPS) is 13.3. The van der Waals surface area contributed by atoms with E-state index in [2.05, 4.69) is 22.8 Å². The number of hydrogen-bond donors (Lipinski definition) is 2. The molecular weight excluding hydrogens is 771 g/mol. The van der Waals surface area contributed by atoms with Crippen LogP contribution in [0.15, 0.2) is 60.7 Å². The van der Waals surface area contributed by atoms with Gasteiger partial charge in [0.15, 0.2) is 40.4 Å². The first kappa shape index (κ1) is 40.5. The Labute approximate surface area is 338 Å². The van der Waals surface area contributed by atoms with E-state index in [0.29, 0.717) is 41.1 Å². The summed E-state index contributed by atoms with van der Waals surface area (Å²) in [5.74, 6) is -2.72. The number of fused-ring (bicyclic) bond motifs is 5. The first-order valence-corrected chi connectivity index (χ1v) is 19.9. The molecule has 4 aromatic carbocycles. The number of amides is 1. The van der Waals surface area contributed by atoms with Gasteiger partial charge in [0.25, 0.3) is 0 Å². The maximum Gasteiger partial charge on any atom is 0.407 e. The summed E-state index contributed by atoms with van der Waals surface area (Å²) in [6, 6.07) is 19.6. The van der Waals surface area contributed by atoms with Gasteiger partial charge in [0.1, 0.15) is 18.1 Å². The average Bonchev–Trinajstić information content (AvgIpc) is 3.94. The Balaban J connectivity index is 0.884. The molecular formula is C44H44F2N2O9S. The zero-order valence-corrected chi connectivity index (χ0v) is 33.4. The number of halogens is 2. The first-order chi connectivity index (χ1) is 28.1. The summed E-state index contributed by atoms with van der Waals surface area (Å²) in [5.41, 5.74) is 6.33. The van der Waals surface area contributed by atoms with Gasteiger partial charge < -0.3 is 39.1 Å². The van der Waals surface area contributed by atoms with Crippen LogP contribution in [0.5, 0.6) is 23.0 Å². The molecule has 0 fully saturated rings. The minimum absolute atomic E-state index is 0.00129. The van der Waals surface area contributed by atoms with Crippen molar-refractivity contribution in [1.82, 2.24) is 10.6 Å². The maximum atomic E-state index is 16.0. The van der Waals surface area contributed by atoms with Gasteiger partial charge in [-0.25, -0.2) is 13.6 Å². The molecule has 1 amide bonds. The van der Waals surface area contributed by atoms with E-state index in [1.54, 1.807) is 26.0 Å². The molecule has 7 rings (SSSR count). The molecule has 0 unspecified atom stereocenters. The number of esters is 1. The number of hydrogen-bond acceptors (Lipinski definition) is 11. The molecule has 14 heteroatoms. The maximum absolute atomic E-state index is 16.0. The van der Waals surface area contributed by atoms with Crippen LogP contribution in [0.2, 0.25) is 0 Å². The van der Waals surface area contributed by atoms with Gasteiger partial charge in [-0.2, -0.15) is 0 Å². The SMILES string of the molecule is COc1cc2c(c(F)c1OCCCOc1c(C)cc3sc(C(=O)C[C@H](C)C(=O)OCCNC(=O)OCC4c5ccccc5-c5ccccc54)c(OC)c3c1F)CNC2. The molecule has 1 atom stereocenters. The Hall–Kier alpha value is -5.73. The zero-order chi connectivity index (χ0) is 40.9. The molecule has 0 spiro atoms. The lowest BCUT2D eigenvalue weighted by Gasteiger charge is -2.15. The molecule has 2 heterocycles. The highest BCUT2D eigenvalue weighted by molar-refractivity contribution is 7.21. The van der Waals surface area contributed by atoms with Crippen LogP contribution in [0.3, 0.4) is 0 Å². The summed E-state index contributed by atoms with van der Waals surface area (Å²) in [6.45, 7) is 4.43. The van der Waals surface area contributed by atoms with Crippen LogP contribution in [-0.4, -0.2) is 65.0 Å². The molecule has 304 valence electrons. The van der Waals surface area contributed by atoms with Gasteiger partial charge >= 0.3 is 12.1 Å². The lowest BCUT2D eigenvalue weighted by molar-refractivity contribution is -0.147. The molecule has 0 saturated heterocycles. The lowest BCUT2D eigenvalue weighted by atomic mass is 9.98. The number of ether oxygens (including phenoxy) is 6. The number of alkyl carbamates (subject to hydrolysis) is 1. The van der Waals surface area contributed by atoms with Gasteiger partial charge in [0, 0.05) is 42.1 Å². The highest BCUT2D eigenvalue weighted by atomic mass is 32.1. The Bertz CT molecular complexity index is 2320. The van der Waals surface area contributed by atoms with E-state index in [1.165, 1.54) is 14.2 Å². The molecule has 2 N–H and O–H groups in total. The van der Waals surface area contributed by atoms with E-state index in [9.17, 15) is 14.4 Å². The van der Waals surface area contributed by atoms with Crippen molar-refractivity contribution >= 4 is 39.3 Å². The van der Waals surface area contributed by atoms with Crippen molar-refractivity contribution in [2.24, 2.45) is 5.92 Å². The van der Waals surface area contributed by atoms with Crippen molar-refractivity contribution in [2.45, 2.75) is 45.7 Å². The average molecular weight is 815 g/mol. The van der Waals surface area contributed by atoms with E-state index < -0.39 is 35.4 Å². The first-order valence-electron chi connectivity index (χ1n) is 19.0. The molecule has 5 aromatic rings. The van der Waals surface area contributed by atoms with Crippen molar-refractivity contribution in [2.75, 3.05) is 47.2 Å². The summed E-state index contributed by atoms with van der Waals surface area (Å²) in [4.78, 5) is 39.0. The number of Topliss-reactive ketones (excluding diaryl/α,β-unsaturated/α-hetero) is 1. The van der Waals surface area contributed by atoms with Crippen LogP contribution in [-0.2, 0) is 27.4 Å². The van der Waals surface area contributed by atoms with Gasteiger partial charge in [-0.3, -0.25) is 9.59 Å². The van der Waals surface area contributed by atoms with Crippen molar-refractivity contribution < 1.29 is 51.6 Å². The van der Waals surface area contributed by atoms with Crippen LogP contribution in [0, 0.1) is 24.5 Å². The van der Waals surface area contributed by atoms with Gasteiger partial charge in [-0.15, -0.1) is 11.3 Å². The monoisotopic (exact) mass is 814 g/mol. The van der Waals surface area contributed by atoms with Gasteiger partial charge in [-0.1, -0.05) is 55.5 Å². The fourth-order valence-electron chi connectivity index (χ4n) is 7.46. The topological polar surface area (TPSA) is 131 Å². The summed E-state index contributed by atoms with van der Waals surface area (Å²) in [7, 11) is 2.80. The van der Waals surface area contributed by atoms with Gasteiger partial charge in [-0.05, 0) is 52.4 Å². The predicted octanol–water partition coefficient (Wildman–Crippen LogP) is 8.25. The Morgan fingerprint density at radius 1 is 0.862 bits per heavy atom. The van der Waals surface area contributed by atoms with Crippen LogP contribution >= 0.6 is 11.3 Å². The number of carbonyl (C=O) groups excluding carboxylic acids is 3. The molecule has 1 aliphatic carbocycles. The summed E-state index contributed by atoms with van der Waals surface area (Å²) in [6.07, 6.45) is -0.527. The number of benzene rings is 4. The molecule has 0 radical (unpaired) electrons. The summed E-state index contributed by atoms with van der Waals surface area (Å²) in [5, 5.41) is 5.82. The van der Waals surface area contributed by atoms with Crippen molar-refractivity contribution in [1.29, 1.82) is 0 Å². The van der Waals surface area contributed by atoms with Crippen molar-refractivity contribution in [3.05, 3.63) is 105 Å². The van der Waals surface area contributed by atoms with Crippen LogP contribution < -0.4 is 29.6 Å². The second kappa shape index (κ2) is 17.8. The van der Waals surface area contributed by atoms with E-state index in [-0.39, 0.29) is 72.8 Å². The third-order valence-corrected chi connectivity index (χ3v) is 11.5. The quantitative estimate of drug-likeness (QED) is 0.0538. The number of nitrogens with one attached hydrogen (secondary N) is 2. The highest BCUT2D eigenvalue weighted by Crippen LogP contribution is 2.46. The Kier molecular flexibility index (Phi) is 12.4. The number of methoxy groups -OCH3 is 2. The van der Waals surface area contributed by atoms with E-state index in [0.717, 1.165) is 39.2 Å². The molecule has 1 aromatic heterocycles. The minimum Gasteiger partial charge on any atom is -0.494 e. The summed E-state index contributed by atoms with van der Waals surface area (Å²) >= 11 is 1.07. The van der Waals surface area contributed by atoms with Crippen LogP contribution in [0.25, 0.3) is 21.2 Å². The van der Waals surface area contributed by atoms with Gasteiger partial charge in [0.05, 0.1) is 45.3 Å². The molecule has 0 saturated carbocycles. The second-order valence-electron chi connectivity index (χ2n) is 14.1. The van der Waals surface area contributed by atoms with Crippen molar-refractivity contribution in [3.8, 4) is 34.1 Å². The van der Waals surface area contributed by atoms with E-state index in [1.807, 2.05) is 36.4 Å². The fourth-order valence-corrected chi connectivity index (χ4v) is 8.67. The molecule has 2 aliphatic rings. The van der Waals surface area contributed by atoms with Crippen LogP contribution in [0.4, 0.5) is 13.6 Å². The molecule has 58 heavy (non-hydrogen) atoms. The summed E-state index contributed by atoms with van der Waals surface area (Å²) < 4.78 is 64.9. The Morgan fingerprint density at radius 3 is 2.24 bits per heavy atom. The second-order valence-corrected chi connectivity index (χ2v) is 15.2. The Morgan fingerprint density at radius 2 is 1.55 bits per heavy atom. The van der Waals surface area contributed by atoms with Crippen LogP contribution in [0.1, 0.15) is 63.2 Å². The van der Waals surface area contributed by atoms with Gasteiger partial charge in [0.2, 0.25) is 0 Å². The number of rotatable bonds is 17. The van der Waals surface area contributed by atoms with E-state index in [4.69, 9.17) is 28.4 Å². The zero-order valence-electron chi connectivity index (χ0n) is 32.6. The lowest BCUT2D eigenvalue weighted by Crippen LogP contribution is -2.30. The third kappa shape index (κ3) is 8.16. The third-order valence-electron chi connectivity index (χ3n) is 10.3. The molecule has 0 bridgehead atoms. The number of aryl methyl sites for hydroxylation is 1.